The quantitative estimate of drug-likeness (QED) is 0.777. The standard InChI is InChI=1S/C15H24ClNO/c1-12(2)10-17-11-13(8-9-18-3)14-6-4-5-7-15(14)16/h4-7,12-13,17H,8-11H2,1-3H3. The molecule has 1 unspecified atom stereocenters. The van der Waals surface area contributed by atoms with Crippen molar-refractivity contribution in [2.75, 3.05) is 26.8 Å². The van der Waals surface area contributed by atoms with Crippen LogP contribution in [0.15, 0.2) is 24.3 Å². The Morgan fingerprint density at radius 3 is 2.56 bits per heavy atom. The minimum absolute atomic E-state index is 0.414. The highest BCUT2D eigenvalue weighted by molar-refractivity contribution is 6.31. The molecule has 1 rings (SSSR count). The summed E-state index contributed by atoms with van der Waals surface area (Å²) >= 11 is 6.27. The summed E-state index contributed by atoms with van der Waals surface area (Å²) in [4.78, 5) is 0. The first-order chi connectivity index (χ1) is 8.65. The molecule has 1 aromatic carbocycles. The van der Waals surface area contributed by atoms with E-state index >= 15 is 0 Å². The molecule has 3 heteroatoms. The highest BCUT2D eigenvalue weighted by atomic mass is 35.5. The van der Waals surface area contributed by atoms with E-state index in [2.05, 4.69) is 25.2 Å². The van der Waals surface area contributed by atoms with Gasteiger partial charge in [-0.25, -0.2) is 0 Å². The van der Waals surface area contributed by atoms with Crippen LogP contribution in [0.3, 0.4) is 0 Å². The lowest BCUT2D eigenvalue weighted by Gasteiger charge is -2.19. The van der Waals surface area contributed by atoms with E-state index in [4.69, 9.17) is 16.3 Å². The molecule has 18 heavy (non-hydrogen) atoms. The van der Waals surface area contributed by atoms with Crippen molar-refractivity contribution in [2.45, 2.75) is 26.2 Å². The van der Waals surface area contributed by atoms with Crippen molar-refractivity contribution in [1.82, 2.24) is 5.32 Å². The van der Waals surface area contributed by atoms with E-state index in [1.807, 2.05) is 18.2 Å². The second-order valence-electron chi connectivity index (χ2n) is 5.05. The Morgan fingerprint density at radius 2 is 1.94 bits per heavy atom. The van der Waals surface area contributed by atoms with Gasteiger partial charge in [-0.15, -0.1) is 0 Å². The van der Waals surface area contributed by atoms with Gasteiger partial charge in [0.15, 0.2) is 0 Å². The van der Waals surface area contributed by atoms with Crippen molar-refractivity contribution in [3.05, 3.63) is 34.9 Å². The third-order valence-corrected chi connectivity index (χ3v) is 3.30. The van der Waals surface area contributed by atoms with E-state index in [0.717, 1.165) is 31.1 Å². The van der Waals surface area contributed by atoms with Crippen molar-refractivity contribution in [2.24, 2.45) is 5.92 Å². The monoisotopic (exact) mass is 269 g/mol. The van der Waals surface area contributed by atoms with Gasteiger partial charge in [-0.3, -0.25) is 0 Å². The number of nitrogens with one attached hydrogen (secondary N) is 1. The summed E-state index contributed by atoms with van der Waals surface area (Å²) in [7, 11) is 1.74. The number of hydrogen-bond acceptors (Lipinski definition) is 2. The van der Waals surface area contributed by atoms with E-state index in [0.29, 0.717) is 11.8 Å². The second kappa shape index (κ2) is 8.52. The third-order valence-electron chi connectivity index (χ3n) is 2.96. The average molecular weight is 270 g/mol. The molecule has 1 N–H and O–H groups in total. The summed E-state index contributed by atoms with van der Waals surface area (Å²) in [5.41, 5.74) is 1.22. The Morgan fingerprint density at radius 1 is 1.22 bits per heavy atom. The molecule has 0 amide bonds. The minimum atomic E-state index is 0.414. The van der Waals surface area contributed by atoms with E-state index in [9.17, 15) is 0 Å². The van der Waals surface area contributed by atoms with Crippen molar-refractivity contribution in [1.29, 1.82) is 0 Å². The zero-order valence-electron chi connectivity index (χ0n) is 11.6. The molecule has 0 spiro atoms. The topological polar surface area (TPSA) is 21.3 Å². The predicted octanol–water partition coefficient (Wildman–Crippen LogP) is 3.71. The normalized spacial score (nSPS) is 12.9. The van der Waals surface area contributed by atoms with Crippen LogP contribution in [-0.2, 0) is 4.74 Å². The molecule has 0 radical (unpaired) electrons. The minimum Gasteiger partial charge on any atom is -0.385 e. The number of benzene rings is 1. The summed E-state index contributed by atoms with van der Waals surface area (Å²) in [5.74, 6) is 1.08. The lowest BCUT2D eigenvalue weighted by Crippen LogP contribution is -2.26. The lowest BCUT2D eigenvalue weighted by molar-refractivity contribution is 0.187. The van der Waals surface area contributed by atoms with Crippen molar-refractivity contribution >= 4 is 11.6 Å². The molecule has 0 bridgehead atoms. The number of hydrogen-bond donors (Lipinski definition) is 1. The largest absolute Gasteiger partial charge is 0.385 e. The molecule has 0 aliphatic rings. The smallest absolute Gasteiger partial charge is 0.0468 e. The highest BCUT2D eigenvalue weighted by Gasteiger charge is 2.14. The molecule has 2 nitrogen and oxygen atoms in total. The van der Waals surface area contributed by atoms with Gasteiger partial charge in [0.25, 0.3) is 0 Å². The molecular formula is C15H24ClNO. The number of rotatable bonds is 8. The Bertz CT molecular complexity index is 341. The van der Waals surface area contributed by atoms with Crippen LogP contribution in [0.1, 0.15) is 31.7 Å². The maximum absolute atomic E-state index is 6.27. The Kier molecular flexibility index (Phi) is 7.33. The molecule has 0 saturated heterocycles. The van der Waals surface area contributed by atoms with Gasteiger partial charge in [0.2, 0.25) is 0 Å². The van der Waals surface area contributed by atoms with Crippen LogP contribution in [0, 0.1) is 5.92 Å². The fourth-order valence-electron chi connectivity index (χ4n) is 1.98. The maximum Gasteiger partial charge on any atom is 0.0468 e. The van der Waals surface area contributed by atoms with Gasteiger partial charge in [-0.05, 0) is 36.4 Å². The first-order valence-corrected chi connectivity index (χ1v) is 6.97. The van der Waals surface area contributed by atoms with E-state index in [-0.39, 0.29) is 0 Å². The molecule has 1 aromatic rings. The molecule has 102 valence electrons. The zero-order valence-corrected chi connectivity index (χ0v) is 12.3. The summed E-state index contributed by atoms with van der Waals surface area (Å²) in [6.07, 6.45) is 0.991. The number of methoxy groups -OCH3 is 1. The molecule has 0 aliphatic heterocycles. The van der Waals surface area contributed by atoms with Gasteiger partial charge in [0.1, 0.15) is 0 Å². The molecule has 0 aromatic heterocycles. The van der Waals surface area contributed by atoms with Crippen LogP contribution in [0.5, 0.6) is 0 Å². The lowest BCUT2D eigenvalue weighted by atomic mass is 9.95. The van der Waals surface area contributed by atoms with Crippen LogP contribution in [0.2, 0.25) is 5.02 Å². The maximum atomic E-state index is 6.27. The number of ether oxygens (including phenoxy) is 1. The van der Waals surface area contributed by atoms with Gasteiger partial charge in [-0.2, -0.15) is 0 Å². The molecule has 1 atom stereocenters. The van der Waals surface area contributed by atoms with Crippen LogP contribution in [0.4, 0.5) is 0 Å². The van der Waals surface area contributed by atoms with Crippen molar-refractivity contribution < 1.29 is 4.74 Å². The fourth-order valence-corrected chi connectivity index (χ4v) is 2.27. The van der Waals surface area contributed by atoms with E-state index in [1.165, 1.54) is 5.56 Å². The van der Waals surface area contributed by atoms with Crippen LogP contribution in [0.25, 0.3) is 0 Å². The van der Waals surface area contributed by atoms with Gasteiger partial charge >= 0.3 is 0 Å². The Labute approximate surface area is 116 Å². The van der Waals surface area contributed by atoms with Gasteiger partial charge in [0, 0.05) is 25.3 Å². The highest BCUT2D eigenvalue weighted by Crippen LogP contribution is 2.26. The SMILES string of the molecule is COCCC(CNCC(C)C)c1ccccc1Cl. The molecular weight excluding hydrogens is 246 g/mol. The first-order valence-electron chi connectivity index (χ1n) is 6.59. The van der Waals surface area contributed by atoms with Gasteiger partial charge in [0.05, 0.1) is 0 Å². The van der Waals surface area contributed by atoms with Gasteiger partial charge < -0.3 is 10.1 Å². The molecule has 0 heterocycles. The van der Waals surface area contributed by atoms with Crippen molar-refractivity contribution in [3.63, 3.8) is 0 Å². The molecule has 0 saturated carbocycles. The summed E-state index contributed by atoms with van der Waals surface area (Å²) in [5, 5.41) is 4.36. The Balaban J connectivity index is 2.62. The van der Waals surface area contributed by atoms with Crippen LogP contribution < -0.4 is 5.32 Å². The Hall–Kier alpha value is -0.570. The summed E-state index contributed by atoms with van der Waals surface area (Å²) in [6, 6.07) is 8.09. The first kappa shape index (κ1) is 15.5. The summed E-state index contributed by atoms with van der Waals surface area (Å²) in [6.45, 7) is 7.18. The second-order valence-corrected chi connectivity index (χ2v) is 5.46. The fraction of sp³-hybridized carbons (Fsp3) is 0.600. The predicted molar refractivity (Wildman–Crippen MR) is 78.4 cm³/mol. The molecule has 0 fully saturated rings. The number of halogens is 1. The van der Waals surface area contributed by atoms with Crippen LogP contribution in [-0.4, -0.2) is 26.8 Å². The van der Waals surface area contributed by atoms with Crippen molar-refractivity contribution in [3.8, 4) is 0 Å². The third kappa shape index (κ3) is 5.38. The van der Waals surface area contributed by atoms with Crippen LogP contribution >= 0.6 is 11.6 Å². The van der Waals surface area contributed by atoms with Gasteiger partial charge in [-0.1, -0.05) is 43.6 Å². The zero-order chi connectivity index (χ0) is 13.4. The van der Waals surface area contributed by atoms with E-state index < -0.39 is 0 Å². The molecule has 0 aliphatic carbocycles. The average Bonchev–Trinajstić information content (AvgIpc) is 2.34. The van der Waals surface area contributed by atoms with E-state index in [1.54, 1.807) is 7.11 Å². The summed E-state index contributed by atoms with van der Waals surface area (Å²) < 4.78 is 5.19.